The Labute approximate surface area is 119 Å². The zero-order chi connectivity index (χ0) is 13.8. The second-order valence-corrected chi connectivity index (χ2v) is 6.56. The maximum Gasteiger partial charge on any atom is 0.133 e. The van der Waals surface area contributed by atoms with Crippen LogP contribution >= 0.6 is 15.9 Å². The lowest BCUT2D eigenvalue weighted by Crippen LogP contribution is -2.35. The van der Waals surface area contributed by atoms with Crippen LogP contribution in [0.5, 0.6) is 5.75 Å². The van der Waals surface area contributed by atoms with Crippen LogP contribution in [0, 0.1) is 0 Å². The van der Waals surface area contributed by atoms with Gasteiger partial charge >= 0.3 is 0 Å². The third kappa shape index (κ3) is 5.40. The molecule has 1 N–H and O–H groups in total. The molecule has 18 heavy (non-hydrogen) atoms. The first kappa shape index (κ1) is 15.5. The summed E-state index contributed by atoms with van der Waals surface area (Å²) in [5.41, 5.74) is 1.39. The van der Waals surface area contributed by atoms with E-state index in [1.165, 1.54) is 5.56 Å². The molecule has 3 heteroatoms. The SMILES string of the molecule is CCC(C)Oc1ccc(CNC(C)(C)C)cc1Br. The molecule has 1 aromatic rings. The fourth-order valence-electron chi connectivity index (χ4n) is 1.42. The van der Waals surface area contributed by atoms with Crippen LogP contribution in [0.1, 0.15) is 46.6 Å². The molecule has 0 aromatic heterocycles. The average molecular weight is 314 g/mol. The third-order valence-corrected chi connectivity index (χ3v) is 3.34. The maximum atomic E-state index is 5.83. The number of hydrogen-bond acceptors (Lipinski definition) is 2. The smallest absolute Gasteiger partial charge is 0.133 e. The molecule has 0 heterocycles. The van der Waals surface area contributed by atoms with Crippen molar-refractivity contribution >= 4 is 15.9 Å². The summed E-state index contributed by atoms with van der Waals surface area (Å²) in [6.07, 6.45) is 1.26. The van der Waals surface area contributed by atoms with Crippen molar-refractivity contribution in [1.82, 2.24) is 5.32 Å². The van der Waals surface area contributed by atoms with Crippen molar-refractivity contribution in [2.45, 2.75) is 59.2 Å². The molecule has 0 saturated carbocycles. The molecule has 1 rings (SSSR count). The average Bonchev–Trinajstić information content (AvgIpc) is 2.28. The molecule has 0 aliphatic carbocycles. The molecule has 0 fully saturated rings. The number of rotatable bonds is 5. The Kier molecular flexibility index (Phi) is 5.67. The summed E-state index contributed by atoms with van der Waals surface area (Å²) in [6, 6.07) is 6.27. The van der Waals surface area contributed by atoms with Gasteiger partial charge in [-0.15, -0.1) is 0 Å². The number of ether oxygens (including phenoxy) is 1. The predicted molar refractivity (Wildman–Crippen MR) is 81.1 cm³/mol. The second kappa shape index (κ2) is 6.58. The number of hydrogen-bond donors (Lipinski definition) is 1. The van der Waals surface area contributed by atoms with Crippen LogP contribution in [0.25, 0.3) is 0 Å². The van der Waals surface area contributed by atoms with Crippen molar-refractivity contribution in [2.75, 3.05) is 0 Å². The molecule has 0 saturated heterocycles. The molecule has 1 unspecified atom stereocenters. The summed E-state index contributed by atoms with van der Waals surface area (Å²) in [5.74, 6) is 0.920. The minimum absolute atomic E-state index is 0.137. The minimum Gasteiger partial charge on any atom is -0.490 e. The first-order valence-electron chi connectivity index (χ1n) is 6.52. The molecule has 1 aromatic carbocycles. The molecule has 2 nitrogen and oxygen atoms in total. The van der Waals surface area contributed by atoms with Gasteiger partial charge in [0.2, 0.25) is 0 Å². The van der Waals surface area contributed by atoms with E-state index in [2.05, 4.69) is 68.0 Å². The fourth-order valence-corrected chi connectivity index (χ4v) is 1.94. The van der Waals surface area contributed by atoms with Gasteiger partial charge in [0.25, 0.3) is 0 Å². The van der Waals surface area contributed by atoms with Crippen LogP contribution in [-0.4, -0.2) is 11.6 Å². The Hall–Kier alpha value is -0.540. The van der Waals surface area contributed by atoms with Gasteiger partial charge in [-0.25, -0.2) is 0 Å². The zero-order valence-corrected chi connectivity index (χ0v) is 13.6. The second-order valence-electron chi connectivity index (χ2n) is 5.71. The maximum absolute atomic E-state index is 5.83. The van der Waals surface area contributed by atoms with E-state index in [-0.39, 0.29) is 11.6 Å². The molecule has 0 spiro atoms. The first-order chi connectivity index (χ1) is 8.31. The predicted octanol–water partition coefficient (Wildman–Crippen LogP) is 4.51. The molecule has 0 radical (unpaired) electrons. The Morgan fingerprint density at radius 3 is 2.50 bits per heavy atom. The van der Waals surface area contributed by atoms with Crippen molar-refractivity contribution in [3.63, 3.8) is 0 Å². The molecular weight excluding hydrogens is 290 g/mol. The normalized spacial score (nSPS) is 13.4. The van der Waals surface area contributed by atoms with Crippen LogP contribution in [0.3, 0.4) is 0 Å². The monoisotopic (exact) mass is 313 g/mol. The standard InChI is InChI=1S/C15H24BrNO/c1-6-11(2)18-14-8-7-12(9-13(14)16)10-17-15(3,4)5/h7-9,11,17H,6,10H2,1-5H3. The summed E-state index contributed by atoms with van der Waals surface area (Å²) in [4.78, 5) is 0. The van der Waals surface area contributed by atoms with Crippen LogP contribution < -0.4 is 10.1 Å². The zero-order valence-electron chi connectivity index (χ0n) is 12.0. The van der Waals surface area contributed by atoms with E-state index >= 15 is 0 Å². The van der Waals surface area contributed by atoms with E-state index in [4.69, 9.17) is 4.74 Å². The van der Waals surface area contributed by atoms with E-state index in [1.807, 2.05) is 6.07 Å². The van der Waals surface area contributed by atoms with E-state index in [0.717, 1.165) is 23.2 Å². The highest BCUT2D eigenvalue weighted by molar-refractivity contribution is 9.10. The fraction of sp³-hybridized carbons (Fsp3) is 0.600. The molecular formula is C15H24BrNO. The summed E-state index contributed by atoms with van der Waals surface area (Å²) in [7, 11) is 0. The lowest BCUT2D eigenvalue weighted by Gasteiger charge is -2.21. The van der Waals surface area contributed by atoms with Gasteiger partial charge in [-0.3, -0.25) is 0 Å². The summed E-state index contributed by atoms with van der Waals surface area (Å²) in [6.45, 7) is 11.6. The van der Waals surface area contributed by atoms with Crippen LogP contribution in [0.4, 0.5) is 0 Å². The van der Waals surface area contributed by atoms with Gasteiger partial charge < -0.3 is 10.1 Å². The van der Waals surface area contributed by atoms with Crippen LogP contribution in [0.2, 0.25) is 0 Å². The molecule has 102 valence electrons. The highest BCUT2D eigenvalue weighted by atomic mass is 79.9. The largest absolute Gasteiger partial charge is 0.490 e. The highest BCUT2D eigenvalue weighted by Crippen LogP contribution is 2.27. The summed E-state index contributed by atoms with van der Waals surface area (Å²) >= 11 is 3.57. The van der Waals surface area contributed by atoms with Crippen LogP contribution in [0.15, 0.2) is 22.7 Å². The van der Waals surface area contributed by atoms with Gasteiger partial charge in [-0.1, -0.05) is 13.0 Å². The van der Waals surface area contributed by atoms with Crippen LogP contribution in [-0.2, 0) is 6.54 Å². The van der Waals surface area contributed by atoms with E-state index in [9.17, 15) is 0 Å². The molecule has 0 aliphatic heterocycles. The molecule has 1 atom stereocenters. The lowest BCUT2D eigenvalue weighted by atomic mass is 10.1. The third-order valence-electron chi connectivity index (χ3n) is 2.72. The van der Waals surface area contributed by atoms with Gasteiger partial charge in [-0.2, -0.15) is 0 Å². The quantitative estimate of drug-likeness (QED) is 0.863. The number of benzene rings is 1. The van der Waals surface area contributed by atoms with Gasteiger partial charge in [0, 0.05) is 12.1 Å². The van der Waals surface area contributed by atoms with Crippen molar-refractivity contribution in [3.8, 4) is 5.75 Å². The topological polar surface area (TPSA) is 21.3 Å². The van der Waals surface area contributed by atoms with Crippen molar-refractivity contribution < 1.29 is 4.74 Å². The van der Waals surface area contributed by atoms with E-state index in [1.54, 1.807) is 0 Å². The van der Waals surface area contributed by atoms with Crippen molar-refractivity contribution in [3.05, 3.63) is 28.2 Å². The molecule has 0 bridgehead atoms. The molecule has 0 aliphatic rings. The Balaban J connectivity index is 2.67. The highest BCUT2D eigenvalue weighted by Gasteiger charge is 2.10. The van der Waals surface area contributed by atoms with Gasteiger partial charge in [0.1, 0.15) is 5.75 Å². The van der Waals surface area contributed by atoms with Crippen molar-refractivity contribution in [2.24, 2.45) is 0 Å². The number of nitrogens with one attached hydrogen (secondary N) is 1. The van der Waals surface area contributed by atoms with Gasteiger partial charge in [0.15, 0.2) is 0 Å². The Morgan fingerprint density at radius 1 is 1.33 bits per heavy atom. The van der Waals surface area contributed by atoms with Gasteiger partial charge in [-0.05, 0) is 67.7 Å². The number of halogens is 1. The van der Waals surface area contributed by atoms with Crippen molar-refractivity contribution in [1.29, 1.82) is 0 Å². The molecule has 0 amide bonds. The van der Waals surface area contributed by atoms with Gasteiger partial charge in [0.05, 0.1) is 10.6 Å². The summed E-state index contributed by atoms with van der Waals surface area (Å²) in [5, 5.41) is 3.48. The summed E-state index contributed by atoms with van der Waals surface area (Å²) < 4.78 is 6.85. The Bertz CT molecular complexity index is 385. The Morgan fingerprint density at radius 2 is 2.00 bits per heavy atom. The minimum atomic E-state index is 0.137. The lowest BCUT2D eigenvalue weighted by molar-refractivity contribution is 0.216. The van der Waals surface area contributed by atoms with E-state index in [0.29, 0.717) is 0 Å². The first-order valence-corrected chi connectivity index (χ1v) is 7.31. The van der Waals surface area contributed by atoms with E-state index < -0.39 is 0 Å².